The number of hydrogen-bond acceptors (Lipinski definition) is 5. The number of nitrogens with zero attached hydrogens (tertiary/aromatic N) is 1. The lowest BCUT2D eigenvalue weighted by Crippen LogP contribution is -2.52. The number of carbonyl (C=O) groups is 1. The lowest BCUT2D eigenvalue weighted by Gasteiger charge is -2.33. The van der Waals surface area contributed by atoms with Crippen LogP contribution in [0.4, 0.5) is 4.79 Å². The summed E-state index contributed by atoms with van der Waals surface area (Å²) in [6.07, 6.45) is -0.450. The zero-order valence-electron chi connectivity index (χ0n) is 11.1. The number of nitrogens with one attached hydrogen (secondary N) is 1. The molecule has 2 aliphatic rings. The van der Waals surface area contributed by atoms with E-state index in [2.05, 4.69) is 5.32 Å². The average Bonchev–Trinajstić information content (AvgIpc) is 2.75. The Morgan fingerprint density at radius 3 is 2.95 bits per heavy atom. The van der Waals surface area contributed by atoms with Gasteiger partial charge in [0.2, 0.25) is 0 Å². The van der Waals surface area contributed by atoms with E-state index in [1.807, 2.05) is 13.8 Å². The topological polar surface area (TPSA) is 91.3 Å². The summed E-state index contributed by atoms with van der Waals surface area (Å²) < 4.78 is 10.8. The fourth-order valence-electron chi connectivity index (χ4n) is 2.25. The third-order valence-electron chi connectivity index (χ3n) is 3.27. The minimum absolute atomic E-state index is 0.266. The van der Waals surface area contributed by atoms with Crippen molar-refractivity contribution in [1.29, 1.82) is 0 Å². The molecule has 1 saturated heterocycles. The van der Waals surface area contributed by atoms with Crippen molar-refractivity contribution in [1.82, 2.24) is 10.2 Å². The van der Waals surface area contributed by atoms with Crippen LogP contribution in [-0.4, -0.2) is 59.0 Å². The lowest BCUT2D eigenvalue weighted by molar-refractivity contribution is -0.0574. The normalized spacial score (nSPS) is 35.3. The van der Waals surface area contributed by atoms with Crippen LogP contribution >= 0.6 is 0 Å². The van der Waals surface area contributed by atoms with Crippen LogP contribution in [0.25, 0.3) is 0 Å². The second-order valence-electron chi connectivity index (χ2n) is 4.68. The molecule has 0 aromatic rings. The molecule has 1 fully saturated rings. The van der Waals surface area contributed by atoms with Gasteiger partial charge in [0, 0.05) is 19.2 Å². The van der Waals surface area contributed by atoms with E-state index < -0.39 is 24.7 Å². The van der Waals surface area contributed by atoms with Gasteiger partial charge in [-0.2, -0.15) is 0 Å². The van der Waals surface area contributed by atoms with Crippen LogP contribution in [0.3, 0.4) is 0 Å². The van der Waals surface area contributed by atoms with Crippen molar-refractivity contribution < 1.29 is 24.5 Å². The van der Waals surface area contributed by atoms with Crippen LogP contribution in [0, 0.1) is 0 Å². The number of amides is 2. The summed E-state index contributed by atoms with van der Waals surface area (Å²) in [5.74, 6) is 0. The van der Waals surface area contributed by atoms with Gasteiger partial charge in [-0.15, -0.1) is 0 Å². The lowest BCUT2D eigenvalue weighted by atomic mass is 10.1. The molecule has 1 unspecified atom stereocenters. The van der Waals surface area contributed by atoms with Gasteiger partial charge in [-0.05, 0) is 19.4 Å². The zero-order chi connectivity index (χ0) is 14.0. The number of ether oxygens (including phenoxy) is 2. The largest absolute Gasteiger partial charge is 0.394 e. The number of aliphatic hydroxyl groups is 2. The molecule has 7 heteroatoms. The SMILES string of the molecule is CCOC1NC(=O)N([C@H]2C[C@H](O)[C@@H](CO)O2)C=C1C. The molecule has 0 radical (unpaired) electrons. The van der Waals surface area contributed by atoms with E-state index in [0.717, 1.165) is 5.57 Å². The molecule has 0 saturated carbocycles. The van der Waals surface area contributed by atoms with E-state index in [9.17, 15) is 9.90 Å². The van der Waals surface area contributed by atoms with Crippen molar-refractivity contribution in [2.24, 2.45) is 0 Å². The van der Waals surface area contributed by atoms with Crippen LogP contribution in [0.5, 0.6) is 0 Å². The number of carbonyl (C=O) groups excluding carboxylic acids is 1. The summed E-state index contributed by atoms with van der Waals surface area (Å²) in [4.78, 5) is 13.4. The van der Waals surface area contributed by atoms with Gasteiger partial charge in [-0.25, -0.2) is 4.79 Å². The number of urea groups is 1. The molecule has 108 valence electrons. The molecule has 7 nitrogen and oxygen atoms in total. The highest BCUT2D eigenvalue weighted by molar-refractivity contribution is 5.77. The first-order chi connectivity index (χ1) is 9.06. The molecule has 2 amide bonds. The van der Waals surface area contributed by atoms with E-state index in [4.69, 9.17) is 14.6 Å². The molecule has 2 heterocycles. The predicted molar refractivity (Wildman–Crippen MR) is 65.9 cm³/mol. The molecule has 0 aliphatic carbocycles. The molecule has 0 bridgehead atoms. The van der Waals surface area contributed by atoms with Crippen LogP contribution in [0.15, 0.2) is 11.8 Å². The van der Waals surface area contributed by atoms with Crippen LogP contribution in [0.2, 0.25) is 0 Å². The Morgan fingerprint density at radius 1 is 1.63 bits per heavy atom. The fraction of sp³-hybridized carbons (Fsp3) is 0.750. The summed E-state index contributed by atoms with van der Waals surface area (Å²) in [5.41, 5.74) is 0.854. The van der Waals surface area contributed by atoms with Crippen molar-refractivity contribution in [2.45, 2.75) is 44.9 Å². The zero-order valence-corrected chi connectivity index (χ0v) is 11.1. The van der Waals surface area contributed by atoms with E-state index in [1.165, 1.54) is 4.90 Å². The Labute approximate surface area is 111 Å². The molecule has 0 spiro atoms. The maximum Gasteiger partial charge on any atom is 0.325 e. The Bertz CT molecular complexity index is 373. The van der Waals surface area contributed by atoms with E-state index in [-0.39, 0.29) is 19.1 Å². The third kappa shape index (κ3) is 2.89. The van der Waals surface area contributed by atoms with Gasteiger partial charge in [0.25, 0.3) is 0 Å². The highest BCUT2D eigenvalue weighted by Crippen LogP contribution is 2.26. The third-order valence-corrected chi connectivity index (χ3v) is 3.27. The Balaban J connectivity index is 2.07. The Kier molecular flexibility index (Phi) is 4.41. The predicted octanol–water partition coefficient (Wildman–Crippen LogP) is -0.254. The van der Waals surface area contributed by atoms with E-state index in [0.29, 0.717) is 6.61 Å². The van der Waals surface area contributed by atoms with Crippen molar-refractivity contribution in [3.63, 3.8) is 0 Å². The molecule has 0 aromatic carbocycles. The second-order valence-corrected chi connectivity index (χ2v) is 4.68. The fourth-order valence-corrected chi connectivity index (χ4v) is 2.25. The second kappa shape index (κ2) is 5.87. The van der Waals surface area contributed by atoms with Crippen LogP contribution in [-0.2, 0) is 9.47 Å². The molecular weight excluding hydrogens is 252 g/mol. The van der Waals surface area contributed by atoms with Crippen molar-refractivity contribution >= 4 is 6.03 Å². The molecule has 2 aliphatic heterocycles. The van der Waals surface area contributed by atoms with Gasteiger partial charge in [0.15, 0.2) is 6.23 Å². The Hall–Kier alpha value is -1.15. The maximum absolute atomic E-state index is 12.0. The molecule has 19 heavy (non-hydrogen) atoms. The molecule has 0 aromatic heterocycles. The molecule has 3 N–H and O–H groups in total. The minimum atomic E-state index is -0.763. The monoisotopic (exact) mass is 272 g/mol. The minimum Gasteiger partial charge on any atom is -0.394 e. The van der Waals surface area contributed by atoms with Gasteiger partial charge in [0.1, 0.15) is 12.3 Å². The quantitative estimate of drug-likeness (QED) is 0.656. The number of aliphatic hydroxyl groups excluding tert-OH is 2. The average molecular weight is 272 g/mol. The first kappa shape index (κ1) is 14.3. The highest BCUT2D eigenvalue weighted by atomic mass is 16.5. The summed E-state index contributed by atoms with van der Waals surface area (Å²) >= 11 is 0. The van der Waals surface area contributed by atoms with Crippen molar-refractivity contribution in [3.05, 3.63) is 11.8 Å². The first-order valence-corrected chi connectivity index (χ1v) is 6.40. The van der Waals surface area contributed by atoms with Crippen LogP contribution in [0.1, 0.15) is 20.3 Å². The summed E-state index contributed by atoms with van der Waals surface area (Å²) in [5, 5.41) is 21.4. The first-order valence-electron chi connectivity index (χ1n) is 6.40. The Morgan fingerprint density at radius 2 is 2.37 bits per heavy atom. The van der Waals surface area contributed by atoms with Gasteiger partial charge in [0.05, 0.1) is 12.7 Å². The van der Waals surface area contributed by atoms with Gasteiger partial charge >= 0.3 is 6.03 Å². The summed E-state index contributed by atoms with van der Waals surface area (Å²) in [7, 11) is 0. The van der Waals surface area contributed by atoms with E-state index in [1.54, 1.807) is 6.20 Å². The summed E-state index contributed by atoms with van der Waals surface area (Å²) in [6, 6.07) is -0.333. The van der Waals surface area contributed by atoms with Gasteiger partial charge in [-0.3, -0.25) is 4.90 Å². The number of hydrogen-bond donors (Lipinski definition) is 3. The smallest absolute Gasteiger partial charge is 0.325 e. The van der Waals surface area contributed by atoms with Gasteiger partial charge in [-0.1, -0.05) is 0 Å². The molecule has 2 rings (SSSR count). The molecule has 4 atom stereocenters. The molecular formula is C12H20N2O5. The van der Waals surface area contributed by atoms with Crippen molar-refractivity contribution in [3.8, 4) is 0 Å². The maximum atomic E-state index is 12.0. The standard InChI is InChI=1S/C12H20N2O5/c1-3-18-11-7(2)5-14(12(17)13-11)10-4-8(16)9(6-15)19-10/h5,8-11,15-16H,3-4,6H2,1-2H3,(H,13,17)/t8-,9+,10+,11?/m0/s1. The van der Waals surface area contributed by atoms with Crippen LogP contribution < -0.4 is 5.32 Å². The van der Waals surface area contributed by atoms with Gasteiger partial charge < -0.3 is 25.0 Å². The summed E-state index contributed by atoms with van der Waals surface area (Å²) in [6.45, 7) is 3.94. The van der Waals surface area contributed by atoms with E-state index >= 15 is 0 Å². The number of rotatable bonds is 4. The highest BCUT2D eigenvalue weighted by Gasteiger charge is 2.40. The van der Waals surface area contributed by atoms with Crippen molar-refractivity contribution in [2.75, 3.05) is 13.2 Å².